The molecule has 0 bridgehead atoms. The van der Waals surface area contributed by atoms with Gasteiger partial charge in [-0.15, -0.1) is 0 Å². The summed E-state index contributed by atoms with van der Waals surface area (Å²) in [5, 5.41) is 2.92. The summed E-state index contributed by atoms with van der Waals surface area (Å²) in [7, 11) is -6.27. The van der Waals surface area contributed by atoms with E-state index in [1.54, 1.807) is 7.05 Å². The lowest BCUT2D eigenvalue weighted by atomic mass is 10.2. The van der Waals surface area contributed by atoms with Crippen molar-refractivity contribution in [2.24, 2.45) is 0 Å². The van der Waals surface area contributed by atoms with Gasteiger partial charge in [0, 0.05) is 30.8 Å². The van der Waals surface area contributed by atoms with Crippen LogP contribution in [0, 0.1) is 5.95 Å². The Balaban J connectivity index is 2.31. The summed E-state index contributed by atoms with van der Waals surface area (Å²) in [5.74, 6) is -0.884. The van der Waals surface area contributed by atoms with Crippen molar-refractivity contribution in [3.05, 3.63) is 65.3 Å². The number of aromatic nitrogens is 2. The lowest BCUT2D eigenvalue weighted by Gasteiger charge is -2.12. The maximum absolute atomic E-state index is 14.4. The van der Waals surface area contributed by atoms with E-state index >= 15 is 0 Å². The van der Waals surface area contributed by atoms with Crippen LogP contribution in [0.3, 0.4) is 0 Å². The molecule has 29 heavy (non-hydrogen) atoms. The van der Waals surface area contributed by atoms with Crippen LogP contribution in [0.4, 0.5) is 4.39 Å². The van der Waals surface area contributed by atoms with Crippen LogP contribution >= 0.6 is 11.6 Å². The third-order valence-electron chi connectivity index (χ3n) is 4.16. The van der Waals surface area contributed by atoms with E-state index in [9.17, 15) is 21.2 Å². The summed E-state index contributed by atoms with van der Waals surface area (Å²) in [5.41, 5.74) is 0.241. The molecule has 7 nitrogen and oxygen atoms in total. The molecule has 2 aromatic heterocycles. The topological polar surface area (TPSA) is 98.1 Å². The van der Waals surface area contributed by atoms with E-state index in [-0.39, 0.29) is 32.6 Å². The van der Waals surface area contributed by atoms with Gasteiger partial charge in [-0.3, -0.25) is 0 Å². The zero-order valence-corrected chi connectivity index (χ0v) is 17.8. The van der Waals surface area contributed by atoms with Crippen molar-refractivity contribution in [3.8, 4) is 11.3 Å². The quantitative estimate of drug-likeness (QED) is 0.571. The Hall–Kier alpha value is -2.27. The van der Waals surface area contributed by atoms with Crippen molar-refractivity contribution < 1.29 is 21.2 Å². The highest BCUT2D eigenvalue weighted by Crippen LogP contribution is 2.36. The Bertz CT molecular complexity index is 1290. The second-order valence-corrected chi connectivity index (χ2v) is 10.4. The van der Waals surface area contributed by atoms with Gasteiger partial charge in [0.1, 0.15) is 0 Å². The Morgan fingerprint density at radius 1 is 1.14 bits per heavy atom. The van der Waals surface area contributed by atoms with Gasteiger partial charge in [-0.1, -0.05) is 17.7 Å². The average Bonchev–Trinajstić information content (AvgIpc) is 2.99. The molecule has 0 saturated carbocycles. The maximum Gasteiger partial charge on any atom is 0.268 e. The van der Waals surface area contributed by atoms with Crippen molar-refractivity contribution in [1.29, 1.82) is 0 Å². The molecule has 0 unspecified atom stereocenters. The summed E-state index contributed by atoms with van der Waals surface area (Å²) >= 11 is 6.40. The van der Waals surface area contributed by atoms with E-state index in [1.807, 2.05) is 0 Å². The summed E-state index contributed by atoms with van der Waals surface area (Å²) in [6.07, 6.45) is 3.49. The normalized spacial score (nSPS) is 12.3. The maximum atomic E-state index is 14.4. The van der Waals surface area contributed by atoms with E-state index in [0.717, 1.165) is 16.3 Å². The predicted octanol–water partition coefficient (Wildman–Crippen LogP) is 2.70. The van der Waals surface area contributed by atoms with Gasteiger partial charge in [0.05, 0.1) is 26.1 Å². The number of nitrogens with one attached hydrogen (secondary N) is 1. The fourth-order valence-electron chi connectivity index (χ4n) is 2.79. The molecule has 0 amide bonds. The van der Waals surface area contributed by atoms with Crippen molar-refractivity contribution >= 4 is 31.5 Å². The number of nitrogens with zero attached hydrogens (tertiary/aromatic N) is 2. The zero-order valence-electron chi connectivity index (χ0n) is 15.4. The highest BCUT2D eigenvalue weighted by molar-refractivity contribution is 7.91. The van der Waals surface area contributed by atoms with Gasteiger partial charge in [0.25, 0.3) is 10.0 Å². The first-order chi connectivity index (χ1) is 13.6. The van der Waals surface area contributed by atoms with Gasteiger partial charge in [-0.05, 0) is 37.4 Å². The average molecular weight is 458 g/mol. The predicted molar refractivity (Wildman–Crippen MR) is 108 cm³/mol. The molecule has 0 aliphatic rings. The van der Waals surface area contributed by atoms with Crippen LogP contribution in [-0.4, -0.2) is 39.1 Å². The molecule has 154 valence electrons. The number of sulfone groups is 1. The molecule has 0 radical (unpaired) electrons. The molecule has 1 N–H and O–H groups in total. The fraction of sp³-hybridized carbons (Fsp3) is 0.167. The molecule has 0 atom stereocenters. The number of rotatable bonds is 6. The molecule has 0 spiro atoms. The Morgan fingerprint density at radius 2 is 1.83 bits per heavy atom. The second kappa shape index (κ2) is 7.86. The molecule has 0 saturated heterocycles. The molecule has 3 rings (SSSR count). The molecular formula is C18H17ClFN3O4S2. The van der Waals surface area contributed by atoms with Crippen LogP contribution < -0.4 is 5.32 Å². The number of hydrogen-bond donors (Lipinski definition) is 1. The minimum Gasteiger partial charge on any atom is -0.316 e. The summed E-state index contributed by atoms with van der Waals surface area (Å²) in [4.78, 5) is 3.14. The molecule has 0 aliphatic heterocycles. The summed E-state index contributed by atoms with van der Waals surface area (Å²) < 4.78 is 65.6. The number of pyridine rings is 1. The largest absolute Gasteiger partial charge is 0.316 e. The molecule has 0 fully saturated rings. The minimum atomic E-state index is -4.29. The van der Waals surface area contributed by atoms with Crippen LogP contribution in [0.15, 0.2) is 58.6 Å². The fourth-order valence-corrected chi connectivity index (χ4v) is 5.34. The SMILES string of the molecule is CNCc1cn(S(=O)(=O)c2cccc(S(C)(=O)=O)c2)c(-c2cccnc2F)c1Cl. The third-order valence-corrected chi connectivity index (χ3v) is 7.34. The number of hydrogen-bond acceptors (Lipinski definition) is 6. The van der Waals surface area contributed by atoms with Crippen LogP contribution in [0.1, 0.15) is 5.56 Å². The van der Waals surface area contributed by atoms with Crippen molar-refractivity contribution in [3.63, 3.8) is 0 Å². The van der Waals surface area contributed by atoms with E-state index in [1.165, 1.54) is 42.7 Å². The monoisotopic (exact) mass is 457 g/mol. The zero-order chi connectivity index (χ0) is 21.4. The van der Waals surface area contributed by atoms with Crippen molar-refractivity contribution in [2.75, 3.05) is 13.3 Å². The summed E-state index contributed by atoms with van der Waals surface area (Å²) in [6, 6.07) is 7.77. The highest BCUT2D eigenvalue weighted by Gasteiger charge is 2.28. The van der Waals surface area contributed by atoms with Gasteiger partial charge >= 0.3 is 0 Å². The molecular weight excluding hydrogens is 441 g/mol. The van der Waals surface area contributed by atoms with Crippen molar-refractivity contribution in [2.45, 2.75) is 16.3 Å². The molecule has 3 aromatic rings. The molecule has 11 heteroatoms. The third kappa shape index (κ3) is 4.06. The first-order valence-electron chi connectivity index (χ1n) is 8.28. The Kier molecular flexibility index (Phi) is 5.81. The smallest absolute Gasteiger partial charge is 0.268 e. The van der Waals surface area contributed by atoms with Crippen LogP contribution in [0.2, 0.25) is 5.02 Å². The van der Waals surface area contributed by atoms with Gasteiger partial charge in [-0.2, -0.15) is 4.39 Å². The van der Waals surface area contributed by atoms with Gasteiger partial charge in [-0.25, -0.2) is 25.8 Å². The van der Waals surface area contributed by atoms with Gasteiger partial charge in [0.15, 0.2) is 9.84 Å². The van der Waals surface area contributed by atoms with Gasteiger partial charge in [0.2, 0.25) is 5.95 Å². The minimum absolute atomic E-state index is 0.0501. The van der Waals surface area contributed by atoms with E-state index < -0.39 is 25.8 Å². The number of halogens is 2. The molecule has 2 heterocycles. The first-order valence-corrected chi connectivity index (χ1v) is 12.0. The summed E-state index contributed by atoms with van der Waals surface area (Å²) in [6.45, 7) is 0.236. The van der Waals surface area contributed by atoms with E-state index in [0.29, 0.717) is 5.56 Å². The second-order valence-electron chi connectivity index (χ2n) is 6.24. The number of benzene rings is 1. The standard InChI is InChI=1S/C18H17ClFN3O4S2/c1-21-10-12-11-23(17(16(12)19)15-7-4-8-22-18(15)20)29(26,27)14-6-3-5-13(9-14)28(2,24)25/h3-9,11,21H,10H2,1-2H3. The van der Waals surface area contributed by atoms with Crippen LogP contribution in [0.25, 0.3) is 11.3 Å². The lowest BCUT2D eigenvalue weighted by molar-refractivity contribution is 0.582. The van der Waals surface area contributed by atoms with Crippen molar-refractivity contribution in [1.82, 2.24) is 14.3 Å². The Morgan fingerprint density at radius 3 is 2.45 bits per heavy atom. The first kappa shape index (κ1) is 21.4. The lowest BCUT2D eigenvalue weighted by Crippen LogP contribution is -2.14. The highest BCUT2D eigenvalue weighted by atomic mass is 35.5. The van der Waals surface area contributed by atoms with Crippen LogP contribution in [0.5, 0.6) is 0 Å². The Labute approximate surface area is 173 Å². The van der Waals surface area contributed by atoms with E-state index in [4.69, 9.17) is 11.6 Å². The molecule has 1 aromatic carbocycles. The molecule has 0 aliphatic carbocycles. The van der Waals surface area contributed by atoms with Crippen LogP contribution in [-0.2, 0) is 26.4 Å². The van der Waals surface area contributed by atoms with E-state index in [2.05, 4.69) is 10.3 Å². The van der Waals surface area contributed by atoms with Gasteiger partial charge < -0.3 is 5.32 Å².